The highest BCUT2D eigenvalue weighted by molar-refractivity contribution is 6.03. The van der Waals surface area contributed by atoms with Crippen LogP contribution in [0.25, 0.3) is 0 Å². The quantitative estimate of drug-likeness (QED) is 0.724. The molecule has 0 aromatic carbocycles. The van der Waals surface area contributed by atoms with Gasteiger partial charge in [0.1, 0.15) is 17.8 Å². The minimum absolute atomic E-state index is 0. The fourth-order valence-corrected chi connectivity index (χ4v) is 3.08. The Labute approximate surface area is 184 Å². The van der Waals surface area contributed by atoms with Gasteiger partial charge in [0.25, 0.3) is 5.91 Å². The number of nitrogens with zero attached hydrogens (tertiary/aromatic N) is 3. The molecule has 10 heteroatoms. The Hall–Kier alpha value is -1.51. The second kappa shape index (κ2) is 12.1. The second-order valence-corrected chi connectivity index (χ2v) is 6.54. The van der Waals surface area contributed by atoms with Crippen molar-refractivity contribution in [3.8, 4) is 0 Å². The Bertz CT molecular complexity index is 716. The largest absolute Gasteiger partial charge is 0.467 e. The fraction of sp³-hybridized carbons (Fsp3) is 0.444. The monoisotopic (exact) mass is 451 g/mol. The van der Waals surface area contributed by atoms with E-state index < -0.39 is 0 Å². The molecule has 0 aliphatic carbocycles. The summed E-state index contributed by atoms with van der Waals surface area (Å²) in [7, 11) is 4.27. The zero-order valence-electron chi connectivity index (χ0n) is 16.0. The maximum atomic E-state index is 12.2. The third kappa shape index (κ3) is 6.53. The number of hydrogen-bond acceptors (Lipinski definition) is 6. The summed E-state index contributed by atoms with van der Waals surface area (Å²) in [4.78, 5) is 21.2. The Kier molecular flexibility index (Phi) is 11.5. The summed E-state index contributed by atoms with van der Waals surface area (Å²) in [6.45, 7) is 2.31. The van der Waals surface area contributed by atoms with Gasteiger partial charge < -0.3 is 25.3 Å². The minimum atomic E-state index is -0.254. The van der Waals surface area contributed by atoms with Crippen molar-refractivity contribution < 1.29 is 9.21 Å². The van der Waals surface area contributed by atoms with E-state index in [2.05, 4.69) is 34.2 Å². The number of nitrogens with two attached hydrogens (primary N) is 1. The molecule has 0 atom stereocenters. The number of carbonyl (C=O) groups is 1. The van der Waals surface area contributed by atoms with E-state index in [1.165, 1.54) is 6.26 Å². The summed E-state index contributed by atoms with van der Waals surface area (Å²) in [6, 6.07) is 6.11. The van der Waals surface area contributed by atoms with Gasteiger partial charge in [0.15, 0.2) is 0 Å². The normalized spacial score (nSPS) is 13.9. The van der Waals surface area contributed by atoms with Gasteiger partial charge in [0, 0.05) is 19.1 Å². The van der Waals surface area contributed by atoms with Gasteiger partial charge in [-0.1, -0.05) is 0 Å². The summed E-state index contributed by atoms with van der Waals surface area (Å²) in [6.07, 6.45) is 5.51. The zero-order valence-corrected chi connectivity index (χ0v) is 18.4. The third-order valence-corrected chi connectivity index (χ3v) is 4.67. The van der Waals surface area contributed by atoms with Gasteiger partial charge in [-0.15, -0.1) is 37.2 Å². The molecule has 0 spiro atoms. The van der Waals surface area contributed by atoms with Crippen LogP contribution in [0, 0.1) is 0 Å². The molecule has 0 radical (unpaired) electrons. The Morgan fingerprint density at radius 2 is 1.96 bits per heavy atom. The Morgan fingerprint density at radius 3 is 2.46 bits per heavy atom. The number of nitrogens with one attached hydrogen (secondary N) is 1. The molecule has 7 nitrogen and oxygen atoms in total. The molecule has 2 aromatic rings. The van der Waals surface area contributed by atoms with Gasteiger partial charge in [-0.05, 0) is 45.1 Å². The number of halogens is 3. The molecule has 1 aliphatic heterocycles. The van der Waals surface area contributed by atoms with Crippen molar-refractivity contribution >= 4 is 54.6 Å². The average molecular weight is 453 g/mol. The molecule has 2 aromatic heterocycles. The van der Waals surface area contributed by atoms with Gasteiger partial charge in [-0.2, -0.15) is 0 Å². The molecule has 1 fully saturated rings. The molecule has 0 saturated carbocycles. The first-order valence-electron chi connectivity index (χ1n) is 8.53. The molecule has 3 N–H and O–H groups in total. The summed E-state index contributed by atoms with van der Waals surface area (Å²) < 4.78 is 5.18. The number of furan rings is 1. The van der Waals surface area contributed by atoms with Gasteiger partial charge in [-0.3, -0.25) is 4.79 Å². The lowest BCUT2D eigenvalue weighted by atomic mass is 10.0. The number of piperidine rings is 1. The van der Waals surface area contributed by atoms with E-state index in [4.69, 9.17) is 10.2 Å². The number of rotatable bonds is 5. The number of anilines is 2. The lowest BCUT2D eigenvalue weighted by molar-refractivity contribution is 0.102. The topological polar surface area (TPSA) is 87.6 Å². The van der Waals surface area contributed by atoms with Crippen LogP contribution in [-0.4, -0.2) is 49.0 Å². The predicted octanol–water partition coefficient (Wildman–Crippen LogP) is 3.18. The van der Waals surface area contributed by atoms with Crippen LogP contribution < -0.4 is 16.0 Å². The Morgan fingerprint density at radius 1 is 1.29 bits per heavy atom. The third-order valence-electron chi connectivity index (χ3n) is 4.67. The van der Waals surface area contributed by atoms with Crippen LogP contribution in [0.3, 0.4) is 0 Å². The van der Waals surface area contributed by atoms with E-state index in [-0.39, 0.29) is 49.7 Å². The molecular formula is C18H28Cl3N5O2. The molecule has 158 valence electrons. The fourth-order valence-electron chi connectivity index (χ4n) is 3.08. The van der Waals surface area contributed by atoms with Gasteiger partial charge in [0.2, 0.25) is 0 Å². The van der Waals surface area contributed by atoms with Crippen molar-refractivity contribution in [3.63, 3.8) is 0 Å². The first-order chi connectivity index (χ1) is 12.1. The number of carbonyl (C=O) groups excluding carboxylic acids is 1. The van der Waals surface area contributed by atoms with Crippen molar-refractivity contribution in [2.45, 2.75) is 25.4 Å². The average Bonchev–Trinajstić information content (AvgIpc) is 3.12. The van der Waals surface area contributed by atoms with E-state index >= 15 is 0 Å². The summed E-state index contributed by atoms with van der Waals surface area (Å²) in [5, 5.41) is 2.77. The van der Waals surface area contributed by atoms with E-state index in [9.17, 15) is 4.79 Å². The van der Waals surface area contributed by atoms with Gasteiger partial charge >= 0.3 is 0 Å². The molecule has 0 bridgehead atoms. The van der Waals surface area contributed by atoms with Crippen LogP contribution in [-0.2, 0) is 6.54 Å². The number of amides is 1. The lowest BCUT2D eigenvalue weighted by Gasteiger charge is -2.36. The standard InChI is InChI=1S/C18H25N5O2.3ClH/c1-22(2)14-5-7-23(8-6-14)15-3-4-17(20-11-15)21-18(24)13-9-16(10-19)25-12-13;;;/h3-4,9,11-12,14H,5-8,10,19H2,1-2H3,(H,20,21,24);3*1H. The molecule has 3 heterocycles. The molecular weight excluding hydrogens is 425 g/mol. The minimum Gasteiger partial charge on any atom is -0.467 e. The van der Waals surface area contributed by atoms with E-state index in [0.29, 0.717) is 23.2 Å². The smallest absolute Gasteiger partial charge is 0.260 e. The number of hydrogen-bond donors (Lipinski definition) is 2. The molecule has 1 saturated heterocycles. The maximum Gasteiger partial charge on any atom is 0.260 e. The van der Waals surface area contributed by atoms with Crippen molar-refractivity contribution in [2.75, 3.05) is 37.4 Å². The van der Waals surface area contributed by atoms with Crippen LogP contribution in [0.1, 0.15) is 29.0 Å². The molecule has 0 unspecified atom stereocenters. The first-order valence-corrected chi connectivity index (χ1v) is 8.53. The van der Waals surface area contributed by atoms with Crippen LogP contribution in [0.4, 0.5) is 11.5 Å². The highest BCUT2D eigenvalue weighted by Crippen LogP contribution is 2.22. The van der Waals surface area contributed by atoms with Crippen molar-refractivity contribution in [1.29, 1.82) is 0 Å². The first kappa shape index (κ1) is 26.5. The predicted molar refractivity (Wildman–Crippen MR) is 119 cm³/mol. The zero-order chi connectivity index (χ0) is 17.8. The SMILES string of the molecule is CN(C)C1CCN(c2ccc(NC(=O)c3coc(CN)c3)nc2)CC1.Cl.Cl.Cl. The number of pyridine rings is 1. The van der Waals surface area contributed by atoms with Crippen LogP contribution in [0.15, 0.2) is 35.1 Å². The summed E-state index contributed by atoms with van der Waals surface area (Å²) >= 11 is 0. The maximum absolute atomic E-state index is 12.2. The highest BCUT2D eigenvalue weighted by atomic mass is 35.5. The van der Waals surface area contributed by atoms with Gasteiger partial charge in [-0.25, -0.2) is 4.98 Å². The molecule has 28 heavy (non-hydrogen) atoms. The van der Waals surface area contributed by atoms with Crippen molar-refractivity contribution in [3.05, 3.63) is 42.0 Å². The lowest BCUT2D eigenvalue weighted by Crippen LogP contribution is -2.42. The second-order valence-electron chi connectivity index (χ2n) is 6.54. The molecule has 3 rings (SSSR count). The Balaban J connectivity index is 0.00000243. The molecule has 1 aliphatic rings. The van der Waals surface area contributed by atoms with Gasteiger partial charge in [0.05, 0.1) is 24.0 Å². The van der Waals surface area contributed by atoms with Crippen molar-refractivity contribution in [1.82, 2.24) is 9.88 Å². The van der Waals surface area contributed by atoms with Crippen LogP contribution >= 0.6 is 37.2 Å². The van der Waals surface area contributed by atoms with E-state index in [1.54, 1.807) is 6.07 Å². The van der Waals surface area contributed by atoms with E-state index in [0.717, 1.165) is 31.6 Å². The highest BCUT2D eigenvalue weighted by Gasteiger charge is 2.21. The summed E-state index contributed by atoms with van der Waals surface area (Å²) in [5.74, 6) is 0.845. The van der Waals surface area contributed by atoms with Crippen molar-refractivity contribution in [2.24, 2.45) is 5.73 Å². The molecule has 1 amide bonds. The van der Waals surface area contributed by atoms with Crippen LogP contribution in [0.2, 0.25) is 0 Å². The van der Waals surface area contributed by atoms with Crippen LogP contribution in [0.5, 0.6) is 0 Å². The van der Waals surface area contributed by atoms with E-state index in [1.807, 2.05) is 18.3 Å². The number of aromatic nitrogens is 1. The summed E-state index contributed by atoms with van der Waals surface area (Å²) in [5.41, 5.74) is 7.01.